The van der Waals surface area contributed by atoms with E-state index in [2.05, 4.69) is 12.6 Å². The Morgan fingerprint density at radius 3 is 1.46 bits per heavy atom. The molecular weight excluding hydrogens is 242 g/mol. The smallest absolute Gasteiger partial charge is 0.368 e. The standard InChI is InChI=1S/C3H10O7P2S/c4-3(1-2-13,11(5,6)7)12(8,9)10/h4,13H,1-2H2,(H2,5,6,7)(H2,8,9,10). The van der Waals surface area contributed by atoms with Gasteiger partial charge >= 0.3 is 15.2 Å². The summed E-state index contributed by atoms with van der Waals surface area (Å²) in [6.45, 7) is 0. The molecule has 13 heavy (non-hydrogen) atoms. The molecule has 0 aromatic rings. The van der Waals surface area contributed by atoms with Crippen molar-refractivity contribution >= 4 is 27.8 Å². The highest BCUT2D eigenvalue weighted by atomic mass is 32.1. The van der Waals surface area contributed by atoms with Crippen LogP contribution < -0.4 is 0 Å². The van der Waals surface area contributed by atoms with E-state index in [9.17, 15) is 9.13 Å². The van der Waals surface area contributed by atoms with Crippen LogP contribution in [0.2, 0.25) is 0 Å². The zero-order chi connectivity index (χ0) is 10.9. The van der Waals surface area contributed by atoms with Gasteiger partial charge in [-0.05, 0) is 5.75 Å². The Labute approximate surface area is 79.5 Å². The van der Waals surface area contributed by atoms with E-state index >= 15 is 0 Å². The Balaban J connectivity index is 5.22. The van der Waals surface area contributed by atoms with Crippen LogP contribution >= 0.6 is 27.8 Å². The molecule has 0 rings (SSSR count). The monoisotopic (exact) mass is 252 g/mol. The highest BCUT2D eigenvalue weighted by Crippen LogP contribution is 2.68. The van der Waals surface area contributed by atoms with Gasteiger partial charge in [-0.3, -0.25) is 9.13 Å². The Hall–Kier alpha value is 0.610. The van der Waals surface area contributed by atoms with Crippen molar-refractivity contribution in [3.05, 3.63) is 0 Å². The maximum Gasteiger partial charge on any atom is 0.369 e. The van der Waals surface area contributed by atoms with Crippen LogP contribution in [-0.4, -0.2) is 35.5 Å². The van der Waals surface area contributed by atoms with Crippen LogP contribution in [0.4, 0.5) is 0 Å². The van der Waals surface area contributed by atoms with E-state index in [1.165, 1.54) is 0 Å². The molecule has 0 heterocycles. The molecule has 0 aliphatic rings. The molecule has 7 nitrogen and oxygen atoms in total. The van der Waals surface area contributed by atoms with E-state index in [1.807, 2.05) is 0 Å². The summed E-state index contributed by atoms with van der Waals surface area (Å²) in [5.41, 5.74) is 0. The van der Waals surface area contributed by atoms with Crippen LogP contribution in [0.25, 0.3) is 0 Å². The van der Waals surface area contributed by atoms with E-state index in [0.29, 0.717) is 0 Å². The van der Waals surface area contributed by atoms with Crippen molar-refractivity contribution in [3.8, 4) is 0 Å². The van der Waals surface area contributed by atoms with Gasteiger partial charge in [0.15, 0.2) is 0 Å². The summed E-state index contributed by atoms with van der Waals surface area (Å²) in [5.74, 6) is -0.257. The van der Waals surface area contributed by atoms with Crippen LogP contribution in [0, 0.1) is 0 Å². The fourth-order valence-corrected chi connectivity index (χ4v) is 3.45. The van der Waals surface area contributed by atoms with Crippen molar-refractivity contribution in [2.24, 2.45) is 0 Å². The molecule has 0 fully saturated rings. The van der Waals surface area contributed by atoms with Crippen LogP contribution in [0.5, 0.6) is 0 Å². The summed E-state index contributed by atoms with van der Waals surface area (Å²) in [6, 6.07) is 0. The maximum atomic E-state index is 10.6. The SMILES string of the molecule is O=P(O)(O)C(O)(CCS)P(=O)(O)O. The topological polar surface area (TPSA) is 135 Å². The van der Waals surface area contributed by atoms with Gasteiger partial charge in [0.1, 0.15) is 0 Å². The van der Waals surface area contributed by atoms with Gasteiger partial charge in [-0.25, -0.2) is 0 Å². The van der Waals surface area contributed by atoms with Gasteiger partial charge in [0.2, 0.25) is 0 Å². The average molecular weight is 252 g/mol. The Morgan fingerprint density at radius 1 is 1.08 bits per heavy atom. The number of hydrogen-bond donors (Lipinski definition) is 6. The van der Waals surface area contributed by atoms with Crippen molar-refractivity contribution in [1.82, 2.24) is 0 Å². The number of thiol groups is 1. The van der Waals surface area contributed by atoms with Crippen molar-refractivity contribution in [1.29, 1.82) is 0 Å². The first-order valence-corrected chi connectivity index (χ1v) is 6.86. The van der Waals surface area contributed by atoms with Gasteiger partial charge in [0, 0.05) is 6.42 Å². The molecule has 0 aliphatic heterocycles. The zero-order valence-corrected chi connectivity index (χ0v) is 8.99. The van der Waals surface area contributed by atoms with Gasteiger partial charge in [-0.1, -0.05) is 0 Å². The third kappa shape index (κ3) is 2.78. The first-order chi connectivity index (χ1) is 5.56. The van der Waals surface area contributed by atoms with Gasteiger partial charge in [0.05, 0.1) is 0 Å². The normalized spacial score (nSPS) is 14.6. The summed E-state index contributed by atoms with van der Waals surface area (Å²) in [5, 5.41) is 5.79. The molecule has 0 amide bonds. The third-order valence-corrected chi connectivity index (χ3v) is 5.48. The second kappa shape index (κ2) is 4.00. The first kappa shape index (κ1) is 13.6. The lowest BCUT2D eigenvalue weighted by molar-refractivity contribution is 0.128. The summed E-state index contributed by atoms with van der Waals surface area (Å²) in [6.07, 6.45) is -0.787. The largest absolute Gasteiger partial charge is 0.369 e. The second-order valence-corrected chi connectivity index (χ2v) is 6.79. The third-order valence-electron chi connectivity index (χ3n) is 1.38. The highest BCUT2D eigenvalue weighted by molar-refractivity contribution is 7.80. The van der Waals surface area contributed by atoms with E-state index in [4.69, 9.17) is 24.7 Å². The summed E-state index contributed by atoms with van der Waals surface area (Å²) >= 11 is 3.53. The summed E-state index contributed by atoms with van der Waals surface area (Å²) < 4.78 is 21.2. The summed E-state index contributed by atoms with van der Waals surface area (Å²) in [7, 11) is -10.6. The van der Waals surface area contributed by atoms with Crippen LogP contribution in [0.3, 0.4) is 0 Å². The predicted molar refractivity (Wildman–Crippen MR) is 47.5 cm³/mol. The molecule has 0 aliphatic carbocycles. The van der Waals surface area contributed by atoms with Crippen LogP contribution in [-0.2, 0) is 9.13 Å². The molecule has 0 atom stereocenters. The molecule has 0 bridgehead atoms. The molecule has 0 saturated carbocycles. The number of rotatable bonds is 4. The number of aliphatic hydroxyl groups is 1. The average Bonchev–Trinajstić information content (AvgIpc) is 1.82. The van der Waals surface area contributed by atoms with Gasteiger partial charge < -0.3 is 24.7 Å². The number of hydrogen-bond acceptors (Lipinski definition) is 4. The van der Waals surface area contributed by atoms with Gasteiger partial charge in [0.25, 0.3) is 5.08 Å². The quantitative estimate of drug-likeness (QED) is 0.288. The van der Waals surface area contributed by atoms with E-state index < -0.39 is 26.7 Å². The lowest BCUT2D eigenvalue weighted by Crippen LogP contribution is -2.29. The molecule has 0 radical (unpaired) electrons. The lowest BCUT2D eigenvalue weighted by Gasteiger charge is -2.28. The fraction of sp³-hybridized carbons (Fsp3) is 1.00. The molecule has 10 heteroatoms. The molecule has 0 aromatic carbocycles. The minimum Gasteiger partial charge on any atom is -0.368 e. The van der Waals surface area contributed by atoms with Gasteiger partial charge in [-0.15, -0.1) is 0 Å². The molecule has 0 spiro atoms. The van der Waals surface area contributed by atoms with Crippen molar-refractivity contribution in [3.63, 3.8) is 0 Å². The maximum absolute atomic E-state index is 10.6. The highest BCUT2D eigenvalue weighted by Gasteiger charge is 2.58. The van der Waals surface area contributed by atoms with E-state index in [-0.39, 0.29) is 5.75 Å². The second-order valence-electron chi connectivity index (χ2n) is 2.34. The Morgan fingerprint density at radius 2 is 1.38 bits per heavy atom. The zero-order valence-electron chi connectivity index (χ0n) is 6.31. The van der Waals surface area contributed by atoms with Gasteiger partial charge in [-0.2, -0.15) is 12.6 Å². The van der Waals surface area contributed by atoms with Crippen molar-refractivity contribution < 1.29 is 33.8 Å². The summed E-state index contributed by atoms with van der Waals surface area (Å²) in [4.78, 5) is 34.2. The molecule has 0 unspecified atom stereocenters. The van der Waals surface area contributed by atoms with Crippen LogP contribution in [0.15, 0.2) is 0 Å². The molecule has 0 saturated heterocycles. The molecule has 0 aromatic heterocycles. The Kier molecular flexibility index (Phi) is 4.19. The van der Waals surface area contributed by atoms with E-state index in [1.54, 1.807) is 0 Å². The predicted octanol–water partition coefficient (Wildman–Crippen LogP) is -0.692. The lowest BCUT2D eigenvalue weighted by atomic mass is 10.5. The van der Waals surface area contributed by atoms with E-state index in [0.717, 1.165) is 0 Å². The minimum absolute atomic E-state index is 0.257. The Bertz CT molecular complexity index is 243. The molecule has 80 valence electrons. The molecule has 5 N–H and O–H groups in total. The molecular formula is C3H10O7P2S. The fourth-order valence-electron chi connectivity index (χ4n) is 0.611. The van der Waals surface area contributed by atoms with Crippen molar-refractivity contribution in [2.45, 2.75) is 11.5 Å². The van der Waals surface area contributed by atoms with Crippen LogP contribution in [0.1, 0.15) is 6.42 Å². The first-order valence-electron chi connectivity index (χ1n) is 3.01. The minimum atomic E-state index is -5.28. The van der Waals surface area contributed by atoms with Crippen molar-refractivity contribution in [2.75, 3.05) is 5.75 Å².